The Balaban J connectivity index is 4.00. The van der Waals surface area contributed by atoms with Crippen LogP contribution in [0.5, 0.6) is 0 Å². The Morgan fingerprint density at radius 3 is 2.33 bits per heavy atom. The SMILES string of the molecule is COC(=O)C(C)CN(C)C(=O)CCNC(C)(C)C. The van der Waals surface area contributed by atoms with Gasteiger partial charge in [-0.05, 0) is 20.8 Å². The first kappa shape index (κ1) is 16.9. The monoisotopic (exact) mass is 258 g/mol. The van der Waals surface area contributed by atoms with Gasteiger partial charge in [-0.2, -0.15) is 0 Å². The molecule has 1 N–H and O–H groups in total. The molecule has 0 bridgehead atoms. The fourth-order valence-corrected chi connectivity index (χ4v) is 1.52. The van der Waals surface area contributed by atoms with Crippen molar-refractivity contribution in [2.45, 2.75) is 39.7 Å². The molecule has 0 heterocycles. The molecule has 1 amide bonds. The second-order valence-electron chi connectivity index (χ2n) is 5.63. The Labute approximate surface area is 110 Å². The number of ether oxygens (including phenoxy) is 1. The molecule has 0 saturated heterocycles. The lowest BCUT2D eigenvalue weighted by molar-refractivity contribution is -0.146. The zero-order chi connectivity index (χ0) is 14.3. The van der Waals surface area contributed by atoms with Crippen molar-refractivity contribution < 1.29 is 14.3 Å². The maximum atomic E-state index is 11.8. The summed E-state index contributed by atoms with van der Waals surface area (Å²) in [6.07, 6.45) is 0.432. The molecule has 0 saturated carbocycles. The van der Waals surface area contributed by atoms with Crippen LogP contribution >= 0.6 is 0 Å². The molecule has 1 atom stereocenters. The van der Waals surface area contributed by atoms with Gasteiger partial charge in [-0.15, -0.1) is 0 Å². The van der Waals surface area contributed by atoms with Crippen molar-refractivity contribution in [2.75, 3.05) is 27.2 Å². The highest BCUT2D eigenvalue weighted by Crippen LogP contribution is 2.03. The second-order valence-corrected chi connectivity index (χ2v) is 5.63. The molecular weight excluding hydrogens is 232 g/mol. The average molecular weight is 258 g/mol. The number of esters is 1. The van der Waals surface area contributed by atoms with Gasteiger partial charge in [0.2, 0.25) is 5.91 Å². The van der Waals surface area contributed by atoms with Crippen LogP contribution in [0.3, 0.4) is 0 Å². The predicted octanol–water partition coefficient (Wildman–Crippen LogP) is 1.03. The minimum atomic E-state index is -0.292. The van der Waals surface area contributed by atoms with Crippen molar-refractivity contribution in [3.05, 3.63) is 0 Å². The fourth-order valence-electron chi connectivity index (χ4n) is 1.52. The molecule has 0 radical (unpaired) electrons. The highest BCUT2D eigenvalue weighted by atomic mass is 16.5. The summed E-state index contributed by atoms with van der Waals surface area (Å²) in [5.74, 6) is -0.551. The molecule has 0 aliphatic heterocycles. The van der Waals surface area contributed by atoms with Crippen LogP contribution in [0.4, 0.5) is 0 Å². The van der Waals surface area contributed by atoms with Gasteiger partial charge < -0.3 is 15.0 Å². The quantitative estimate of drug-likeness (QED) is 0.723. The van der Waals surface area contributed by atoms with Gasteiger partial charge in [0, 0.05) is 32.1 Å². The Morgan fingerprint density at radius 2 is 1.89 bits per heavy atom. The lowest BCUT2D eigenvalue weighted by Gasteiger charge is -2.23. The van der Waals surface area contributed by atoms with Crippen LogP contribution in [-0.2, 0) is 14.3 Å². The van der Waals surface area contributed by atoms with E-state index >= 15 is 0 Å². The number of nitrogens with one attached hydrogen (secondary N) is 1. The average Bonchev–Trinajstić information content (AvgIpc) is 2.25. The van der Waals surface area contributed by atoms with Crippen LogP contribution in [0.15, 0.2) is 0 Å². The highest BCUT2D eigenvalue weighted by molar-refractivity contribution is 5.77. The number of carbonyl (C=O) groups is 2. The third-order valence-corrected chi connectivity index (χ3v) is 2.57. The summed E-state index contributed by atoms with van der Waals surface area (Å²) in [6, 6.07) is 0. The number of hydrogen-bond acceptors (Lipinski definition) is 4. The molecule has 1 unspecified atom stereocenters. The van der Waals surface area contributed by atoms with E-state index in [4.69, 9.17) is 0 Å². The molecule has 0 aliphatic carbocycles. The van der Waals surface area contributed by atoms with Gasteiger partial charge in [0.1, 0.15) is 0 Å². The molecular formula is C13H26N2O3. The van der Waals surface area contributed by atoms with Crippen LogP contribution in [-0.4, -0.2) is 49.6 Å². The Hall–Kier alpha value is -1.10. The standard InChI is InChI=1S/C13H26N2O3/c1-10(12(17)18-6)9-15(5)11(16)7-8-14-13(2,3)4/h10,14H,7-9H2,1-6H3. The summed E-state index contributed by atoms with van der Waals surface area (Å²) < 4.78 is 4.63. The molecule has 5 nitrogen and oxygen atoms in total. The fraction of sp³-hybridized carbons (Fsp3) is 0.846. The van der Waals surface area contributed by atoms with Crippen LogP contribution in [0.2, 0.25) is 0 Å². The van der Waals surface area contributed by atoms with E-state index in [1.165, 1.54) is 7.11 Å². The van der Waals surface area contributed by atoms with Crippen molar-refractivity contribution in [3.63, 3.8) is 0 Å². The van der Waals surface area contributed by atoms with E-state index in [1.807, 2.05) is 0 Å². The normalized spacial score (nSPS) is 13.0. The Kier molecular flexibility index (Phi) is 6.91. The molecule has 5 heteroatoms. The smallest absolute Gasteiger partial charge is 0.310 e. The molecule has 0 fully saturated rings. The first-order chi connectivity index (χ1) is 8.17. The molecule has 106 valence electrons. The van der Waals surface area contributed by atoms with Gasteiger partial charge >= 0.3 is 5.97 Å². The van der Waals surface area contributed by atoms with E-state index in [0.29, 0.717) is 19.5 Å². The van der Waals surface area contributed by atoms with Crippen LogP contribution in [0, 0.1) is 5.92 Å². The predicted molar refractivity (Wildman–Crippen MR) is 71.2 cm³/mol. The maximum absolute atomic E-state index is 11.8. The molecule has 0 spiro atoms. The third kappa shape index (κ3) is 7.27. The van der Waals surface area contributed by atoms with Crippen LogP contribution in [0.25, 0.3) is 0 Å². The lowest BCUT2D eigenvalue weighted by Crippen LogP contribution is -2.40. The summed E-state index contributed by atoms with van der Waals surface area (Å²) in [6.45, 7) is 8.95. The van der Waals surface area contributed by atoms with E-state index in [1.54, 1.807) is 18.9 Å². The lowest BCUT2D eigenvalue weighted by atomic mass is 10.1. The number of rotatable bonds is 6. The number of carbonyl (C=O) groups excluding carboxylic acids is 2. The van der Waals surface area contributed by atoms with Crippen molar-refractivity contribution in [3.8, 4) is 0 Å². The topological polar surface area (TPSA) is 58.6 Å². The first-order valence-electron chi connectivity index (χ1n) is 6.24. The number of amides is 1. The molecule has 0 aliphatic rings. The third-order valence-electron chi connectivity index (χ3n) is 2.57. The van der Waals surface area contributed by atoms with Crippen molar-refractivity contribution in [1.82, 2.24) is 10.2 Å². The van der Waals surface area contributed by atoms with Gasteiger partial charge in [-0.25, -0.2) is 0 Å². The molecule has 0 aromatic rings. The zero-order valence-corrected chi connectivity index (χ0v) is 12.4. The largest absolute Gasteiger partial charge is 0.469 e. The van der Waals surface area contributed by atoms with Gasteiger partial charge in [0.05, 0.1) is 13.0 Å². The molecule has 0 aromatic carbocycles. The van der Waals surface area contributed by atoms with Gasteiger partial charge in [0.25, 0.3) is 0 Å². The molecule has 0 rings (SSSR count). The van der Waals surface area contributed by atoms with Gasteiger partial charge in [-0.3, -0.25) is 9.59 Å². The highest BCUT2D eigenvalue weighted by Gasteiger charge is 2.18. The zero-order valence-electron chi connectivity index (χ0n) is 12.4. The van der Waals surface area contributed by atoms with Crippen LogP contribution in [0.1, 0.15) is 34.1 Å². The van der Waals surface area contributed by atoms with Crippen molar-refractivity contribution in [1.29, 1.82) is 0 Å². The Bertz CT molecular complexity index is 284. The van der Waals surface area contributed by atoms with Crippen molar-refractivity contribution in [2.24, 2.45) is 5.92 Å². The van der Waals surface area contributed by atoms with E-state index < -0.39 is 0 Å². The summed E-state index contributed by atoms with van der Waals surface area (Å²) in [4.78, 5) is 24.6. The minimum Gasteiger partial charge on any atom is -0.469 e. The maximum Gasteiger partial charge on any atom is 0.310 e. The molecule has 18 heavy (non-hydrogen) atoms. The summed E-state index contributed by atoms with van der Waals surface area (Å²) in [5, 5.41) is 3.26. The van der Waals surface area contributed by atoms with E-state index in [-0.39, 0.29) is 23.3 Å². The van der Waals surface area contributed by atoms with E-state index in [0.717, 1.165) is 0 Å². The summed E-state index contributed by atoms with van der Waals surface area (Å²) in [7, 11) is 3.06. The minimum absolute atomic E-state index is 0.0121. The summed E-state index contributed by atoms with van der Waals surface area (Å²) >= 11 is 0. The molecule has 0 aromatic heterocycles. The van der Waals surface area contributed by atoms with E-state index in [2.05, 4.69) is 30.8 Å². The van der Waals surface area contributed by atoms with Crippen molar-refractivity contribution >= 4 is 11.9 Å². The van der Waals surface area contributed by atoms with Gasteiger partial charge in [-0.1, -0.05) is 6.92 Å². The first-order valence-corrected chi connectivity index (χ1v) is 6.24. The number of hydrogen-bond donors (Lipinski definition) is 1. The number of methoxy groups -OCH3 is 1. The van der Waals surface area contributed by atoms with Crippen LogP contribution < -0.4 is 5.32 Å². The summed E-state index contributed by atoms with van der Waals surface area (Å²) in [5.41, 5.74) is 0.0121. The number of nitrogens with zero attached hydrogens (tertiary/aromatic N) is 1. The Morgan fingerprint density at radius 1 is 1.33 bits per heavy atom. The van der Waals surface area contributed by atoms with Gasteiger partial charge in [0.15, 0.2) is 0 Å². The second kappa shape index (κ2) is 7.36. The van der Waals surface area contributed by atoms with E-state index in [9.17, 15) is 9.59 Å².